The SMILES string of the molecule is CNc1cccc2c(=O)n(CC(F)F)ccc12. The second-order valence-electron chi connectivity index (χ2n) is 3.68. The summed E-state index contributed by atoms with van der Waals surface area (Å²) in [4.78, 5) is 11.9. The summed E-state index contributed by atoms with van der Waals surface area (Å²) in [5, 5.41) is 4.15. The Kier molecular flexibility index (Phi) is 3.08. The molecule has 0 fully saturated rings. The zero-order valence-electron chi connectivity index (χ0n) is 9.28. The quantitative estimate of drug-likeness (QED) is 0.890. The van der Waals surface area contributed by atoms with Crippen LogP contribution >= 0.6 is 0 Å². The minimum Gasteiger partial charge on any atom is -0.388 e. The van der Waals surface area contributed by atoms with Gasteiger partial charge in [0.15, 0.2) is 0 Å². The minimum absolute atomic E-state index is 0.389. The predicted octanol–water partition coefficient (Wildman–Crippen LogP) is 2.31. The van der Waals surface area contributed by atoms with Crippen LogP contribution in [0.3, 0.4) is 0 Å². The van der Waals surface area contributed by atoms with Gasteiger partial charge < -0.3 is 9.88 Å². The number of aromatic nitrogens is 1. The molecule has 5 heteroatoms. The first-order valence-electron chi connectivity index (χ1n) is 5.21. The molecule has 1 aromatic heterocycles. The van der Waals surface area contributed by atoms with Crippen molar-refractivity contribution in [2.24, 2.45) is 0 Å². The van der Waals surface area contributed by atoms with Gasteiger partial charge in [-0.25, -0.2) is 8.78 Å². The van der Waals surface area contributed by atoms with Crippen molar-refractivity contribution < 1.29 is 8.78 Å². The fraction of sp³-hybridized carbons (Fsp3) is 0.250. The molecular weight excluding hydrogens is 226 g/mol. The molecule has 0 saturated carbocycles. The highest BCUT2D eigenvalue weighted by Gasteiger charge is 2.09. The van der Waals surface area contributed by atoms with Crippen LogP contribution in [0.1, 0.15) is 0 Å². The molecule has 3 nitrogen and oxygen atoms in total. The lowest BCUT2D eigenvalue weighted by atomic mass is 10.1. The normalized spacial score (nSPS) is 11.1. The number of nitrogens with one attached hydrogen (secondary N) is 1. The number of fused-ring (bicyclic) bond motifs is 1. The van der Waals surface area contributed by atoms with E-state index in [0.717, 1.165) is 15.6 Å². The summed E-state index contributed by atoms with van der Waals surface area (Å²) in [6, 6.07) is 6.87. The first-order valence-corrected chi connectivity index (χ1v) is 5.21. The molecule has 0 spiro atoms. The lowest BCUT2D eigenvalue weighted by Crippen LogP contribution is -2.22. The maximum atomic E-state index is 12.3. The number of hydrogen-bond acceptors (Lipinski definition) is 2. The third kappa shape index (κ3) is 2.13. The Labute approximate surface area is 96.7 Å². The average molecular weight is 238 g/mol. The Bertz CT molecular complexity index is 593. The van der Waals surface area contributed by atoms with Gasteiger partial charge in [-0.3, -0.25) is 4.79 Å². The summed E-state index contributed by atoms with van der Waals surface area (Å²) < 4.78 is 25.6. The molecule has 2 rings (SSSR count). The number of rotatable bonds is 3. The average Bonchev–Trinajstić information content (AvgIpc) is 2.31. The largest absolute Gasteiger partial charge is 0.388 e. The van der Waals surface area contributed by atoms with Crippen LogP contribution in [-0.4, -0.2) is 18.0 Å². The second-order valence-corrected chi connectivity index (χ2v) is 3.68. The van der Waals surface area contributed by atoms with Gasteiger partial charge in [0.1, 0.15) is 0 Å². The van der Waals surface area contributed by atoms with Gasteiger partial charge in [-0.1, -0.05) is 6.07 Å². The number of halogens is 2. The van der Waals surface area contributed by atoms with Crippen molar-refractivity contribution in [1.29, 1.82) is 0 Å². The molecule has 1 heterocycles. The van der Waals surface area contributed by atoms with Crippen LogP contribution in [-0.2, 0) is 6.54 Å². The van der Waals surface area contributed by atoms with Gasteiger partial charge in [-0.15, -0.1) is 0 Å². The Hall–Kier alpha value is -1.91. The summed E-state index contributed by atoms with van der Waals surface area (Å²) in [6.07, 6.45) is -1.13. The van der Waals surface area contributed by atoms with Crippen LogP contribution in [0.15, 0.2) is 35.3 Å². The molecule has 0 radical (unpaired) electrons. The smallest absolute Gasteiger partial charge is 0.258 e. The van der Waals surface area contributed by atoms with Crippen molar-refractivity contribution in [3.05, 3.63) is 40.8 Å². The maximum absolute atomic E-state index is 12.3. The molecule has 0 saturated heterocycles. The highest BCUT2D eigenvalue weighted by molar-refractivity contribution is 5.93. The van der Waals surface area contributed by atoms with Gasteiger partial charge in [0, 0.05) is 29.7 Å². The van der Waals surface area contributed by atoms with E-state index in [9.17, 15) is 13.6 Å². The lowest BCUT2D eigenvalue weighted by molar-refractivity contribution is 0.125. The van der Waals surface area contributed by atoms with E-state index >= 15 is 0 Å². The van der Waals surface area contributed by atoms with Crippen LogP contribution in [0, 0.1) is 0 Å². The van der Waals surface area contributed by atoms with Crippen molar-refractivity contribution in [2.75, 3.05) is 12.4 Å². The zero-order valence-corrected chi connectivity index (χ0v) is 9.28. The first kappa shape index (κ1) is 11.6. The molecular formula is C12H12F2N2O. The van der Waals surface area contributed by atoms with Crippen molar-refractivity contribution >= 4 is 16.5 Å². The maximum Gasteiger partial charge on any atom is 0.258 e. The summed E-state index contributed by atoms with van der Waals surface area (Å²) in [5.74, 6) is 0. The number of pyridine rings is 1. The van der Waals surface area contributed by atoms with Gasteiger partial charge in [0.2, 0.25) is 0 Å². The molecule has 2 aromatic rings. The third-order valence-electron chi connectivity index (χ3n) is 2.62. The van der Waals surface area contributed by atoms with Crippen molar-refractivity contribution in [1.82, 2.24) is 4.57 Å². The van der Waals surface area contributed by atoms with E-state index in [0.29, 0.717) is 5.39 Å². The molecule has 1 N–H and O–H groups in total. The summed E-state index contributed by atoms with van der Waals surface area (Å²) >= 11 is 0. The van der Waals surface area contributed by atoms with Crippen LogP contribution in [0.25, 0.3) is 10.8 Å². The van der Waals surface area contributed by atoms with Gasteiger partial charge >= 0.3 is 0 Å². The molecule has 0 unspecified atom stereocenters. The zero-order chi connectivity index (χ0) is 12.4. The molecule has 0 aliphatic heterocycles. The second kappa shape index (κ2) is 4.53. The van der Waals surface area contributed by atoms with Crippen molar-refractivity contribution in [3.63, 3.8) is 0 Å². The van der Waals surface area contributed by atoms with Crippen LogP contribution in [0.5, 0.6) is 0 Å². The Morgan fingerprint density at radius 1 is 1.29 bits per heavy atom. The minimum atomic E-state index is -2.53. The summed E-state index contributed by atoms with van der Waals surface area (Å²) in [6.45, 7) is -0.571. The number of anilines is 1. The first-order chi connectivity index (χ1) is 8.13. The number of hydrogen-bond donors (Lipinski definition) is 1. The Morgan fingerprint density at radius 2 is 2.06 bits per heavy atom. The number of alkyl halides is 2. The van der Waals surface area contributed by atoms with Gasteiger partial charge in [-0.2, -0.15) is 0 Å². The molecule has 1 aromatic carbocycles. The molecule has 0 aliphatic carbocycles. The lowest BCUT2D eigenvalue weighted by Gasteiger charge is -2.09. The fourth-order valence-corrected chi connectivity index (χ4v) is 1.83. The summed E-state index contributed by atoms with van der Waals surface area (Å²) in [7, 11) is 1.75. The van der Waals surface area contributed by atoms with Crippen LogP contribution < -0.4 is 10.9 Å². The molecule has 0 aliphatic rings. The molecule has 17 heavy (non-hydrogen) atoms. The predicted molar refractivity (Wildman–Crippen MR) is 63.8 cm³/mol. The van der Waals surface area contributed by atoms with Crippen molar-refractivity contribution in [3.8, 4) is 0 Å². The number of nitrogens with zero attached hydrogens (tertiary/aromatic N) is 1. The Balaban J connectivity index is 2.64. The van der Waals surface area contributed by atoms with E-state index < -0.39 is 13.0 Å². The fourth-order valence-electron chi connectivity index (χ4n) is 1.83. The monoisotopic (exact) mass is 238 g/mol. The van der Waals surface area contributed by atoms with Crippen LogP contribution in [0.4, 0.5) is 14.5 Å². The van der Waals surface area contributed by atoms with E-state index in [-0.39, 0.29) is 5.56 Å². The van der Waals surface area contributed by atoms with E-state index in [1.54, 1.807) is 25.2 Å². The van der Waals surface area contributed by atoms with Gasteiger partial charge in [-0.05, 0) is 18.2 Å². The van der Waals surface area contributed by atoms with Crippen LogP contribution in [0.2, 0.25) is 0 Å². The molecule has 0 bridgehead atoms. The molecule has 90 valence electrons. The molecule has 0 amide bonds. The highest BCUT2D eigenvalue weighted by atomic mass is 19.3. The van der Waals surface area contributed by atoms with E-state index in [4.69, 9.17) is 0 Å². The van der Waals surface area contributed by atoms with E-state index in [1.807, 2.05) is 6.07 Å². The van der Waals surface area contributed by atoms with E-state index in [1.165, 1.54) is 6.20 Å². The van der Waals surface area contributed by atoms with Gasteiger partial charge in [0.05, 0.1) is 6.54 Å². The number of benzene rings is 1. The highest BCUT2D eigenvalue weighted by Crippen LogP contribution is 2.19. The van der Waals surface area contributed by atoms with E-state index in [2.05, 4.69) is 5.32 Å². The third-order valence-corrected chi connectivity index (χ3v) is 2.62. The topological polar surface area (TPSA) is 34.0 Å². The Morgan fingerprint density at radius 3 is 2.71 bits per heavy atom. The molecule has 0 atom stereocenters. The summed E-state index contributed by atoms with van der Waals surface area (Å²) in [5.41, 5.74) is 0.420. The van der Waals surface area contributed by atoms with Gasteiger partial charge in [0.25, 0.3) is 12.0 Å². The van der Waals surface area contributed by atoms with Crippen molar-refractivity contribution in [2.45, 2.75) is 13.0 Å². The standard InChI is InChI=1S/C12H12F2N2O/c1-15-10-4-2-3-9-8(10)5-6-16(12(9)17)7-11(13)14/h2-6,11,15H,7H2,1H3.